The summed E-state index contributed by atoms with van der Waals surface area (Å²) in [6.45, 7) is 1.74. The average Bonchev–Trinajstić information content (AvgIpc) is 2.28. The van der Waals surface area contributed by atoms with Gasteiger partial charge in [-0.15, -0.1) is 0 Å². The van der Waals surface area contributed by atoms with Crippen LogP contribution in [0.15, 0.2) is 41.2 Å². The monoisotopic (exact) mass is 233 g/mol. The van der Waals surface area contributed by atoms with Gasteiger partial charge in [0.2, 0.25) is 4.77 Å². The highest BCUT2D eigenvalue weighted by Crippen LogP contribution is 2.05. The summed E-state index contributed by atoms with van der Waals surface area (Å²) in [7, 11) is 0. The van der Waals surface area contributed by atoms with Crippen LogP contribution in [0.5, 0.6) is 0 Å². The van der Waals surface area contributed by atoms with E-state index in [9.17, 15) is 4.79 Å². The fourth-order valence-corrected chi connectivity index (χ4v) is 1.82. The van der Waals surface area contributed by atoms with Gasteiger partial charge in [0, 0.05) is 11.8 Å². The van der Waals surface area contributed by atoms with Crippen LogP contribution in [0.2, 0.25) is 0 Å². The third-order valence-corrected chi connectivity index (χ3v) is 2.72. The van der Waals surface area contributed by atoms with Crippen molar-refractivity contribution >= 4 is 12.2 Å². The topological polar surface area (TPSA) is 53.0 Å². The van der Waals surface area contributed by atoms with Crippen LogP contribution in [-0.4, -0.2) is 9.24 Å². The number of nitrogen functional groups attached to an aromatic ring is 1. The van der Waals surface area contributed by atoms with Crippen molar-refractivity contribution in [2.45, 2.75) is 6.92 Å². The minimum absolute atomic E-state index is 0.171. The molecule has 0 atom stereocenters. The highest BCUT2D eigenvalue weighted by molar-refractivity contribution is 7.71. The minimum atomic E-state index is -0.171. The predicted molar refractivity (Wildman–Crippen MR) is 65.8 cm³/mol. The van der Waals surface area contributed by atoms with Crippen molar-refractivity contribution in [1.82, 2.24) is 9.24 Å². The normalized spacial score (nSPS) is 10.3. The maximum absolute atomic E-state index is 11.8. The van der Waals surface area contributed by atoms with E-state index in [4.69, 9.17) is 18.1 Å². The second-order valence-electron chi connectivity index (χ2n) is 3.45. The Morgan fingerprint density at radius 1 is 1.25 bits per heavy atom. The molecule has 0 unspecified atom stereocenters. The fourth-order valence-electron chi connectivity index (χ4n) is 1.48. The maximum atomic E-state index is 11.8. The van der Waals surface area contributed by atoms with Gasteiger partial charge in [-0.3, -0.25) is 9.36 Å². The van der Waals surface area contributed by atoms with Gasteiger partial charge < -0.3 is 5.84 Å². The highest BCUT2D eigenvalue weighted by Gasteiger charge is 2.05. The number of aromatic nitrogens is 2. The number of benzene rings is 1. The molecule has 0 aliphatic carbocycles. The van der Waals surface area contributed by atoms with Gasteiger partial charge in [-0.2, -0.15) is 0 Å². The molecule has 0 spiro atoms. The molecule has 0 amide bonds. The van der Waals surface area contributed by atoms with E-state index in [2.05, 4.69) is 0 Å². The standard InChI is InChI=1S/C11H11N3OS/c1-8-7-10(15)13(11(16)14(8)12)9-5-3-2-4-6-9/h2-7H,12H2,1H3. The Bertz CT molecular complexity index is 628. The number of hydrogen-bond donors (Lipinski definition) is 1. The molecule has 2 aromatic rings. The predicted octanol–water partition coefficient (Wildman–Crippen LogP) is 1.39. The zero-order valence-corrected chi connectivity index (χ0v) is 9.57. The average molecular weight is 233 g/mol. The molecule has 2 rings (SSSR count). The zero-order valence-electron chi connectivity index (χ0n) is 8.75. The van der Waals surface area contributed by atoms with Gasteiger partial charge in [-0.1, -0.05) is 18.2 Å². The van der Waals surface area contributed by atoms with Crippen LogP contribution in [0.1, 0.15) is 5.69 Å². The summed E-state index contributed by atoms with van der Waals surface area (Å²) in [4.78, 5) is 11.8. The van der Waals surface area contributed by atoms with Crippen LogP contribution >= 0.6 is 12.2 Å². The van der Waals surface area contributed by atoms with Crippen molar-refractivity contribution in [3.63, 3.8) is 0 Å². The number of para-hydroxylation sites is 1. The van der Waals surface area contributed by atoms with Gasteiger partial charge in [0.1, 0.15) is 0 Å². The fraction of sp³-hybridized carbons (Fsp3) is 0.0909. The molecule has 0 saturated heterocycles. The number of hydrogen-bond acceptors (Lipinski definition) is 3. The van der Waals surface area contributed by atoms with E-state index < -0.39 is 0 Å². The molecule has 16 heavy (non-hydrogen) atoms. The molecule has 1 aromatic carbocycles. The molecule has 0 fully saturated rings. The molecule has 5 heteroatoms. The molecular formula is C11H11N3OS. The van der Waals surface area contributed by atoms with Crippen molar-refractivity contribution in [3.05, 3.63) is 57.2 Å². The summed E-state index contributed by atoms with van der Waals surface area (Å²) in [5.74, 6) is 5.74. The molecule has 0 aliphatic rings. The molecule has 1 aromatic heterocycles. The second kappa shape index (κ2) is 3.94. The van der Waals surface area contributed by atoms with Crippen molar-refractivity contribution in [2.24, 2.45) is 0 Å². The summed E-state index contributed by atoms with van der Waals surface area (Å²) >= 11 is 5.15. The maximum Gasteiger partial charge on any atom is 0.259 e. The Kier molecular flexibility index (Phi) is 2.62. The number of nitrogens with zero attached hydrogens (tertiary/aromatic N) is 2. The quantitative estimate of drug-likeness (QED) is 0.598. The molecule has 4 nitrogen and oxygen atoms in total. The first-order valence-corrected chi connectivity index (χ1v) is 5.18. The molecule has 0 aliphatic heterocycles. The van der Waals surface area contributed by atoms with E-state index >= 15 is 0 Å². The van der Waals surface area contributed by atoms with E-state index in [1.165, 1.54) is 15.3 Å². The smallest absolute Gasteiger partial charge is 0.259 e. The van der Waals surface area contributed by atoms with Gasteiger partial charge >= 0.3 is 0 Å². The zero-order chi connectivity index (χ0) is 11.7. The molecule has 2 N–H and O–H groups in total. The lowest BCUT2D eigenvalue weighted by atomic mass is 10.3. The summed E-state index contributed by atoms with van der Waals surface area (Å²) in [6.07, 6.45) is 0. The highest BCUT2D eigenvalue weighted by atomic mass is 32.1. The van der Waals surface area contributed by atoms with Gasteiger partial charge in [0.05, 0.1) is 5.69 Å². The number of aryl methyl sites for hydroxylation is 1. The largest absolute Gasteiger partial charge is 0.337 e. The molecule has 0 saturated carbocycles. The van der Waals surface area contributed by atoms with Crippen LogP contribution in [0.4, 0.5) is 0 Å². The molecule has 0 radical (unpaired) electrons. The Hall–Kier alpha value is -1.88. The minimum Gasteiger partial charge on any atom is -0.337 e. The van der Waals surface area contributed by atoms with Crippen LogP contribution in [-0.2, 0) is 0 Å². The van der Waals surface area contributed by atoms with Crippen molar-refractivity contribution in [1.29, 1.82) is 0 Å². The van der Waals surface area contributed by atoms with Crippen molar-refractivity contribution in [2.75, 3.05) is 5.84 Å². The van der Waals surface area contributed by atoms with E-state index in [1.807, 2.05) is 30.3 Å². The lowest BCUT2D eigenvalue weighted by molar-refractivity contribution is 0.785. The van der Waals surface area contributed by atoms with E-state index in [0.29, 0.717) is 5.69 Å². The van der Waals surface area contributed by atoms with Gasteiger partial charge in [-0.05, 0) is 31.3 Å². The third kappa shape index (κ3) is 1.65. The van der Waals surface area contributed by atoms with Crippen molar-refractivity contribution < 1.29 is 0 Å². The number of rotatable bonds is 1. The summed E-state index contributed by atoms with van der Waals surface area (Å²) < 4.78 is 3.02. The van der Waals surface area contributed by atoms with Crippen molar-refractivity contribution in [3.8, 4) is 5.69 Å². The Morgan fingerprint density at radius 3 is 2.50 bits per heavy atom. The van der Waals surface area contributed by atoms with Crippen LogP contribution in [0.3, 0.4) is 0 Å². The molecular weight excluding hydrogens is 222 g/mol. The first-order valence-electron chi connectivity index (χ1n) is 4.77. The summed E-state index contributed by atoms with van der Waals surface area (Å²) in [6, 6.07) is 10.7. The molecule has 1 heterocycles. The summed E-state index contributed by atoms with van der Waals surface area (Å²) in [5.41, 5.74) is 1.19. The lowest BCUT2D eigenvalue weighted by Crippen LogP contribution is -2.27. The Labute approximate surface area is 97.5 Å². The molecule has 0 bridgehead atoms. The van der Waals surface area contributed by atoms with Crippen LogP contribution in [0.25, 0.3) is 5.69 Å². The van der Waals surface area contributed by atoms with E-state index in [1.54, 1.807) is 6.92 Å². The second-order valence-corrected chi connectivity index (χ2v) is 3.81. The Morgan fingerprint density at radius 2 is 1.88 bits per heavy atom. The SMILES string of the molecule is Cc1cc(=O)n(-c2ccccc2)c(=S)n1N. The van der Waals surface area contributed by atoms with Gasteiger partial charge in [0.15, 0.2) is 0 Å². The van der Waals surface area contributed by atoms with E-state index in [-0.39, 0.29) is 10.3 Å². The first-order chi connectivity index (χ1) is 7.61. The molecule has 82 valence electrons. The van der Waals surface area contributed by atoms with E-state index in [0.717, 1.165) is 5.69 Å². The third-order valence-electron chi connectivity index (χ3n) is 2.34. The van der Waals surface area contributed by atoms with Gasteiger partial charge in [0.25, 0.3) is 5.56 Å². The lowest BCUT2D eigenvalue weighted by Gasteiger charge is -2.10. The first kappa shape index (κ1) is 10.6. The summed E-state index contributed by atoms with van der Waals surface area (Å²) in [5, 5.41) is 0. The number of nitrogens with two attached hydrogens (primary N) is 1. The van der Waals surface area contributed by atoms with Crippen LogP contribution in [0, 0.1) is 11.7 Å². The van der Waals surface area contributed by atoms with Crippen LogP contribution < -0.4 is 11.4 Å². The Balaban J connectivity index is 2.82. The van der Waals surface area contributed by atoms with Gasteiger partial charge in [-0.25, -0.2) is 4.68 Å².